The zero-order chi connectivity index (χ0) is 14.1. The van der Waals surface area contributed by atoms with Gasteiger partial charge >= 0.3 is 11.9 Å². The van der Waals surface area contributed by atoms with E-state index < -0.39 is 11.9 Å². The Bertz CT molecular complexity index is 386. The second-order valence-electron chi connectivity index (χ2n) is 3.40. The van der Waals surface area contributed by atoms with Crippen molar-refractivity contribution >= 4 is 34.7 Å². The Balaban J connectivity index is 0.000000494. The van der Waals surface area contributed by atoms with Crippen LogP contribution >= 0.6 is 0 Å². The highest BCUT2D eigenvalue weighted by Crippen LogP contribution is 2.13. The predicted octanol–water partition coefficient (Wildman–Crippen LogP) is 1.17. The fourth-order valence-electron chi connectivity index (χ4n) is 1.20. The van der Waals surface area contributed by atoms with Gasteiger partial charge in [-0.05, 0) is 24.6 Å². The van der Waals surface area contributed by atoms with Gasteiger partial charge in [0, 0.05) is 7.74 Å². The van der Waals surface area contributed by atoms with Gasteiger partial charge in [-0.2, -0.15) is 0 Å². The van der Waals surface area contributed by atoms with Crippen LogP contribution in [0.5, 0.6) is 0 Å². The third-order valence-corrected chi connectivity index (χ3v) is 2.13. The molecular weight excluding hydrogens is 229 g/mol. The van der Waals surface area contributed by atoms with E-state index in [0.717, 1.165) is 6.32 Å². The molecule has 0 spiro atoms. The lowest BCUT2D eigenvalue weighted by atomic mass is 9.52. The second kappa shape index (κ2) is 8.45. The minimum absolute atomic E-state index is 0.0277. The van der Waals surface area contributed by atoms with Crippen LogP contribution in [0.15, 0.2) is 18.2 Å². The molecule has 18 heavy (non-hydrogen) atoms. The average Bonchev–Trinajstić information content (AvgIpc) is 2.30. The lowest BCUT2D eigenvalue weighted by molar-refractivity contribution is 0.0696. The molecule has 0 unspecified atom stereocenters. The van der Waals surface area contributed by atoms with Crippen molar-refractivity contribution in [1.82, 2.24) is 0 Å². The second-order valence-corrected chi connectivity index (χ2v) is 3.40. The molecule has 7 heteroatoms. The molecule has 0 aliphatic carbocycles. The maximum absolute atomic E-state index is 10.6. The Morgan fingerprint density at radius 1 is 1.22 bits per heavy atom. The van der Waals surface area contributed by atoms with E-state index >= 15 is 0 Å². The highest BCUT2D eigenvalue weighted by Gasteiger charge is 2.13. The molecule has 0 bridgehead atoms. The lowest BCUT2D eigenvalue weighted by Gasteiger charge is -2.03. The smallest absolute Gasteiger partial charge is 0.335 e. The van der Waals surface area contributed by atoms with Crippen molar-refractivity contribution in [2.75, 3.05) is 0 Å². The summed E-state index contributed by atoms with van der Waals surface area (Å²) in [5.74, 6) is -2.22. The van der Waals surface area contributed by atoms with E-state index in [1.165, 1.54) is 25.1 Å². The van der Waals surface area contributed by atoms with Crippen molar-refractivity contribution in [3.8, 4) is 0 Å². The van der Waals surface area contributed by atoms with E-state index in [2.05, 4.69) is 0 Å². The fraction of sp³-hybridized carbons (Fsp3) is 0.273. The average molecular weight is 241 g/mol. The molecule has 0 saturated carbocycles. The van der Waals surface area contributed by atoms with Crippen molar-refractivity contribution in [2.24, 2.45) is 0 Å². The van der Waals surface area contributed by atoms with Crippen LogP contribution in [0.1, 0.15) is 26.3 Å². The SMILES string of the molecule is Cc1c(C(=O)O)cccc1C(=O)O.[B][B]CC[B]. The number of hydrogen-bond donors (Lipinski definition) is 2. The zero-order valence-electron chi connectivity index (χ0n) is 10.1. The molecule has 1 aromatic rings. The summed E-state index contributed by atoms with van der Waals surface area (Å²) >= 11 is 0. The van der Waals surface area contributed by atoms with Crippen LogP contribution in [-0.2, 0) is 0 Å². The summed E-state index contributed by atoms with van der Waals surface area (Å²) in [6.07, 6.45) is 1.48. The Morgan fingerprint density at radius 2 is 1.67 bits per heavy atom. The normalized spacial score (nSPS) is 8.94. The number of rotatable bonds is 4. The molecule has 0 aliphatic rings. The van der Waals surface area contributed by atoms with Gasteiger partial charge in [0.15, 0.2) is 0 Å². The molecule has 5 radical (unpaired) electrons. The third-order valence-electron chi connectivity index (χ3n) is 2.13. The van der Waals surface area contributed by atoms with Gasteiger partial charge in [0.05, 0.1) is 26.1 Å². The predicted molar refractivity (Wildman–Crippen MR) is 72.0 cm³/mol. The van der Waals surface area contributed by atoms with E-state index in [1.807, 2.05) is 0 Å². The van der Waals surface area contributed by atoms with Crippen LogP contribution in [-0.4, -0.2) is 44.9 Å². The van der Waals surface area contributed by atoms with Crippen LogP contribution in [0.3, 0.4) is 0 Å². The Hall–Kier alpha value is -1.65. The Kier molecular flexibility index (Phi) is 7.67. The molecule has 89 valence electrons. The molecule has 4 nitrogen and oxygen atoms in total. The highest BCUT2D eigenvalue weighted by atomic mass is 16.4. The molecule has 1 rings (SSSR count). The first-order chi connectivity index (χ1) is 8.45. The van der Waals surface area contributed by atoms with Crippen LogP contribution in [0, 0.1) is 6.92 Å². The van der Waals surface area contributed by atoms with E-state index in [4.69, 9.17) is 25.8 Å². The number of benzene rings is 1. The maximum atomic E-state index is 10.6. The van der Waals surface area contributed by atoms with Crippen molar-refractivity contribution in [1.29, 1.82) is 0 Å². The van der Waals surface area contributed by atoms with Crippen molar-refractivity contribution in [2.45, 2.75) is 19.6 Å². The van der Waals surface area contributed by atoms with Gasteiger partial charge in [-0.3, -0.25) is 0 Å². The lowest BCUT2D eigenvalue weighted by Crippen LogP contribution is -2.06. The van der Waals surface area contributed by atoms with E-state index in [0.29, 0.717) is 6.32 Å². The summed E-state index contributed by atoms with van der Waals surface area (Å²) in [5.41, 5.74) is 0.335. The summed E-state index contributed by atoms with van der Waals surface area (Å²) in [7, 11) is 11.5. The van der Waals surface area contributed by atoms with Crippen molar-refractivity contribution < 1.29 is 19.8 Å². The van der Waals surface area contributed by atoms with Crippen molar-refractivity contribution in [3.05, 3.63) is 34.9 Å². The topological polar surface area (TPSA) is 74.6 Å². The molecule has 2 N–H and O–H groups in total. The highest BCUT2D eigenvalue weighted by molar-refractivity contribution is 6.89. The standard InChI is InChI=1S/C9H8O4.C2H4B3/c1-5-6(8(10)11)3-2-4-7(5)9(12)13;3-1-2-5-4/h2-4H,1H3,(H,10,11)(H,12,13);1-2H2. The molecule has 0 saturated heterocycles. The third kappa shape index (κ3) is 5.12. The summed E-state index contributed by atoms with van der Waals surface area (Å²) < 4.78 is 0. The molecular formula is C11H12B3O4. The fourth-order valence-corrected chi connectivity index (χ4v) is 1.20. The number of carbonyl (C=O) groups is 2. The molecule has 0 heterocycles. The van der Waals surface area contributed by atoms with Gasteiger partial charge in [0.2, 0.25) is 0 Å². The van der Waals surface area contributed by atoms with Gasteiger partial charge in [-0.1, -0.05) is 18.7 Å². The minimum Gasteiger partial charge on any atom is -0.478 e. The van der Waals surface area contributed by atoms with Gasteiger partial charge < -0.3 is 10.2 Å². The van der Waals surface area contributed by atoms with Crippen LogP contribution < -0.4 is 0 Å². The molecule has 0 aromatic heterocycles. The van der Waals surface area contributed by atoms with Crippen LogP contribution in [0.4, 0.5) is 0 Å². The first kappa shape index (κ1) is 16.4. The monoisotopic (exact) mass is 241 g/mol. The summed E-state index contributed by atoms with van der Waals surface area (Å²) in [6, 6.07) is 4.17. The zero-order valence-corrected chi connectivity index (χ0v) is 10.1. The first-order valence-electron chi connectivity index (χ1n) is 5.25. The quantitative estimate of drug-likeness (QED) is 0.775. The number of aromatic carboxylic acids is 2. The number of carboxylic acids is 2. The summed E-state index contributed by atoms with van der Waals surface area (Å²) in [6.45, 7) is 1.48. The molecule has 1 aromatic carbocycles. The van der Waals surface area contributed by atoms with Crippen LogP contribution in [0.2, 0.25) is 12.6 Å². The Labute approximate surface area is 109 Å². The van der Waals surface area contributed by atoms with Crippen LogP contribution in [0.25, 0.3) is 0 Å². The summed E-state index contributed by atoms with van der Waals surface area (Å²) in [5, 5.41) is 17.4. The number of hydrogen-bond acceptors (Lipinski definition) is 2. The van der Waals surface area contributed by atoms with Crippen molar-refractivity contribution in [3.63, 3.8) is 0 Å². The summed E-state index contributed by atoms with van der Waals surface area (Å²) in [4.78, 5) is 21.2. The molecule has 0 amide bonds. The van der Waals surface area contributed by atoms with E-state index in [1.54, 1.807) is 7.17 Å². The molecule has 0 aliphatic heterocycles. The van der Waals surface area contributed by atoms with Gasteiger partial charge in [0.1, 0.15) is 0 Å². The largest absolute Gasteiger partial charge is 0.478 e. The van der Waals surface area contributed by atoms with E-state index in [-0.39, 0.29) is 16.7 Å². The number of carboxylic acid groups (broad SMARTS) is 2. The van der Waals surface area contributed by atoms with Gasteiger partial charge in [0.25, 0.3) is 0 Å². The van der Waals surface area contributed by atoms with Gasteiger partial charge in [-0.15, -0.1) is 0 Å². The van der Waals surface area contributed by atoms with Gasteiger partial charge in [-0.25, -0.2) is 9.59 Å². The Morgan fingerprint density at radius 3 is 1.89 bits per heavy atom. The minimum atomic E-state index is -1.11. The molecule has 0 fully saturated rings. The molecule has 0 atom stereocenters. The maximum Gasteiger partial charge on any atom is 0.335 e. The first-order valence-corrected chi connectivity index (χ1v) is 5.25. The van der Waals surface area contributed by atoms with E-state index in [9.17, 15) is 9.59 Å².